The number of nitrogens with zero attached hydrogens (tertiary/aromatic N) is 7. The van der Waals surface area contributed by atoms with Crippen LogP contribution in [0.25, 0.3) is 0 Å². The summed E-state index contributed by atoms with van der Waals surface area (Å²) < 4.78 is 22.6. The quantitative estimate of drug-likeness (QED) is 0.0705. The highest BCUT2D eigenvalue weighted by atomic mass is 19.1. The molecule has 10 rings (SSSR count). The predicted octanol–water partition coefficient (Wildman–Crippen LogP) is 6.79. The molecule has 418 valence electrons. The number of unbranched alkanes of at least 4 members (excludes halogenated alkanes) is 1. The van der Waals surface area contributed by atoms with E-state index in [2.05, 4.69) is 103 Å². The van der Waals surface area contributed by atoms with Crippen molar-refractivity contribution in [1.29, 1.82) is 0 Å². The number of aromatic nitrogens is 2. The first-order valence-corrected chi connectivity index (χ1v) is 27.8. The summed E-state index contributed by atoms with van der Waals surface area (Å²) in [4.78, 5) is 68.0. The topological polar surface area (TPSA) is 185 Å². The van der Waals surface area contributed by atoms with Gasteiger partial charge in [-0.3, -0.25) is 49.3 Å². The van der Waals surface area contributed by atoms with Crippen molar-refractivity contribution in [3.8, 4) is 23.7 Å². The molecule has 0 bridgehead atoms. The molecule has 1 spiro atoms. The van der Waals surface area contributed by atoms with Crippen molar-refractivity contribution in [2.75, 3.05) is 99.9 Å². The second-order valence-corrected chi connectivity index (χ2v) is 21.2. The molecular weight excluding hydrogens is 1000 g/mol. The number of aliphatic hydroxyl groups is 1. The number of rotatable bonds is 11. The van der Waals surface area contributed by atoms with Crippen LogP contribution in [0.1, 0.15) is 104 Å². The maximum Gasteiger partial charge on any atom is 0.328 e. The molecule has 6 fully saturated rings. The Kier molecular flexibility index (Phi) is 20.6. The van der Waals surface area contributed by atoms with Crippen LogP contribution in [-0.2, 0) is 25.5 Å². The zero-order valence-electron chi connectivity index (χ0n) is 45.8. The zero-order chi connectivity index (χ0) is 55.7. The van der Waals surface area contributed by atoms with Crippen LogP contribution in [0.3, 0.4) is 0 Å². The molecule has 3 aromatic carbocycles. The van der Waals surface area contributed by atoms with Crippen LogP contribution in [0.4, 0.5) is 31.0 Å². The number of hydrogen-bond acceptors (Lipinski definition) is 11. The number of morpholine rings is 1. The summed E-state index contributed by atoms with van der Waals surface area (Å²) >= 11 is 0. The van der Waals surface area contributed by atoms with E-state index in [9.17, 15) is 28.4 Å². The Morgan fingerprint density at radius 2 is 1.43 bits per heavy atom. The Morgan fingerprint density at radius 3 is 2.08 bits per heavy atom. The van der Waals surface area contributed by atoms with Gasteiger partial charge in [0.1, 0.15) is 5.82 Å². The van der Waals surface area contributed by atoms with Crippen LogP contribution in [0.2, 0.25) is 0 Å². The van der Waals surface area contributed by atoms with Gasteiger partial charge in [-0.15, -0.1) is 0 Å². The van der Waals surface area contributed by atoms with Crippen LogP contribution < -0.4 is 30.7 Å². The molecule has 17 nitrogen and oxygen atoms in total. The standard InChI is InChI=1S/C23H33N3O2.C22H25N5O2.C16H17FN2O3/c1-19-8-14-26(22(27)17-19)21-6-4-20(5-7-21)3-2-13-25-15-16-28-23(18-25)9-11-24-12-10-23;1-17-15-23-27(16-17)20-8-12-25(13-9-20)11-2-3-18-4-6-19(7-5-18)26-14-10-21(28)24-22(26)29;1-11-9-12(5-3-2-4-8-20)10-13(17)15(11)19-7-6-14(21)18-16(19)22/h4-7,24H,1-3,8-18H2;4-7,15-16,20H,8-14H2,1H3,(H,24,28,29);9-10,20H,2,4,6-8H2,1H3,(H,18,21,22). The molecule has 79 heavy (non-hydrogen) atoms. The summed E-state index contributed by atoms with van der Waals surface area (Å²) in [5.41, 5.74) is 7.68. The van der Waals surface area contributed by atoms with Crippen LogP contribution in [0.5, 0.6) is 0 Å². The van der Waals surface area contributed by atoms with E-state index in [1.54, 1.807) is 17.9 Å². The smallest absolute Gasteiger partial charge is 0.328 e. The lowest BCUT2D eigenvalue weighted by atomic mass is 9.90. The molecule has 0 atom stereocenters. The fraction of sp³-hybridized carbons (Fsp3) is 0.475. The van der Waals surface area contributed by atoms with Crippen molar-refractivity contribution in [3.05, 3.63) is 119 Å². The van der Waals surface area contributed by atoms with Gasteiger partial charge in [0.05, 0.1) is 36.7 Å². The SMILES string of the molecule is C=C1CCN(c2ccc(CCCN3CCOC4(CCNCC4)C3)cc2)C(=O)C1.Cc1cc(C#CCCCO)cc(F)c1N1CCC(=O)NC1=O.Cc1cnn(C2CCN(CC#Cc3ccc(N4CCC(=O)NC4=O)cc3)CC2)c1. The van der Waals surface area contributed by atoms with E-state index >= 15 is 0 Å². The third-order valence-corrected chi connectivity index (χ3v) is 15.1. The monoisotopic (exact) mass is 1080 g/mol. The summed E-state index contributed by atoms with van der Waals surface area (Å²) in [6, 6.07) is 18.6. The normalized spacial score (nSPS) is 19.0. The number of nitrogens with one attached hydrogen (secondary N) is 3. The van der Waals surface area contributed by atoms with E-state index in [0.29, 0.717) is 49.4 Å². The molecule has 0 radical (unpaired) electrons. The molecule has 7 amide bonds. The number of imide groups is 2. The number of halogens is 1. The van der Waals surface area contributed by atoms with E-state index in [4.69, 9.17) is 9.84 Å². The van der Waals surface area contributed by atoms with Gasteiger partial charge in [-0.05, 0) is 150 Å². The van der Waals surface area contributed by atoms with Crippen LogP contribution in [0.15, 0.2) is 85.2 Å². The molecule has 4 N–H and O–H groups in total. The van der Waals surface area contributed by atoms with E-state index in [1.807, 2.05) is 35.4 Å². The van der Waals surface area contributed by atoms with Crippen molar-refractivity contribution in [3.63, 3.8) is 0 Å². The minimum atomic E-state index is -0.611. The number of ether oxygens (including phenoxy) is 1. The average Bonchev–Trinajstić information content (AvgIpc) is 3.90. The van der Waals surface area contributed by atoms with Crippen molar-refractivity contribution < 1.29 is 38.2 Å². The lowest BCUT2D eigenvalue weighted by Crippen LogP contribution is -2.56. The number of carbonyl (C=O) groups excluding carboxylic acids is 5. The Labute approximate surface area is 463 Å². The van der Waals surface area contributed by atoms with Crippen molar-refractivity contribution in [2.45, 2.75) is 103 Å². The third kappa shape index (κ3) is 16.4. The van der Waals surface area contributed by atoms with Crippen molar-refractivity contribution >= 4 is 46.8 Å². The number of amides is 7. The lowest BCUT2D eigenvalue weighted by molar-refractivity contribution is -0.123. The molecule has 0 saturated carbocycles. The van der Waals surface area contributed by atoms with Crippen molar-refractivity contribution in [1.82, 2.24) is 35.5 Å². The Hall–Kier alpha value is -7.19. The van der Waals surface area contributed by atoms with Gasteiger partial charge in [0.15, 0.2) is 0 Å². The molecule has 1 aromatic heterocycles. The van der Waals surface area contributed by atoms with Crippen LogP contribution >= 0.6 is 0 Å². The van der Waals surface area contributed by atoms with E-state index in [1.165, 1.54) is 22.1 Å². The molecule has 18 heteroatoms. The largest absolute Gasteiger partial charge is 0.396 e. The highest BCUT2D eigenvalue weighted by Gasteiger charge is 2.37. The van der Waals surface area contributed by atoms with Crippen LogP contribution in [-0.4, -0.2) is 145 Å². The maximum atomic E-state index is 14.3. The van der Waals surface area contributed by atoms with Gasteiger partial charge < -0.3 is 20.1 Å². The minimum absolute atomic E-state index is 0.0732. The molecule has 7 heterocycles. The highest BCUT2D eigenvalue weighted by molar-refractivity contribution is 6.06. The second kappa shape index (κ2) is 28.1. The maximum absolute atomic E-state index is 14.3. The van der Waals surface area contributed by atoms with Gasteiger partial charge in [0.25, 0.3) is 0 Å². The van der Waals surface area contributed by atoms with Crippen molar-refractivity contribution in [2.24, 2.45) is 0 Å². The Morgan fingerprint density at radius 1 is 0.772 bits per heavy atom. The first-order chi connectivity index (χ1) is 38.2. The van der Waals surface area contributed by atoms with Gasteiger partial charge in [-0.2, -0.15) is 5.10 Å². The number of carbonyl (C=O) groups is 5. The highest BCUT2D eigenvalue weighted by Crippen LogP contribution is 2.30. The fourth-order valence-electron chi connectivity index (χ4n) is 10.7. The van der Waals surface area contributed by atoms with Gasteiger partial charge in [0, 0.05) is 107 Å². The van der Waals surface area contributed by atoms with Gasteiger partial charge in [-0.25, -0.2) is 14.0 Å². The number of piperidine rings is 3. The second-order valence-electron chi connectivity index (χ2n) is 21.2. The molecule has 6 saturated heterocycles. The number of urea groups is 2. The van der Waals surface area contributed by atoms with E-state index < -0.39 is 11.8 Å². The predicted molar refractivity (Wildman–Crippen MR) is 303 cm³/mol. The molecule has 0 aliphatic carbocycles. The number of likely N-dealkylation sites (tertiary alicyclic amines) is 1. The Balaban J connectivity index is 0.000000158. The minimum Gasteiger partial charge on any atom is -0.396 e. The number of aryl methyl sites for hydroxylation is 3. The fourth-order valence-corrected chi connectivity index (χ4v) is 10.7. The zero-order valence-corrected chi connectivity index (χ0v) is 45.8. The first-order valence-electron chi connectivity index (χ1n) is 27.8. The average molecular weight is 1080 g/mol. The molecule has 6 aliphatic rings. The summed E-state index contributed by atoms with van der Waals surface area (Å²) in [6.45, 7) is 18.2. The number of aliphatic hydroxyl groups excluding tert-OH is 1. The van der Waals surface area contributed by atoms with Gasteiger partial charge >= 0.3 is 12.1 Å². The summed E-state index contributed by atoms with van der Waals surface area (Å²) in [5.74, 6) is 11.2. The summed E-state index contributed by atoms with van der Waals surface area (Å²) in [6.07, 6.45) is 13.7. The van der Waals surface area contributed by atoms with Gasteiger partial charge in [0.2, 0.25) is 17.7 Å². The number of benzene rings is 3. The van der Waals surface area contributed by atoms with Gasteiger partial charge in [-0.1, -0.05) is 48.0 Å². The van der Waals surface area contributed by atoms with E-state index in [-0.39, 0.29) is 54.6 Å². The Bertz CT molecular complexity index is 2900. The third-order valence-electron chi connectivity index (χ3n) is 15.1. The number of anilines is 3. The summed E-state index contributed by atoms with van der Waals surface area (Å²) in [5, 5.41) is 21.1. The molecule has 0 unspecified atom stereocenters. The number of hydrogen-bond donors (Lipinski definition) is 4. The van der Waals surface area contributed by atoms with E-state index in [0.717, 1.165) is 133 Å². The first kappa shape index (κ1) is 58.0. The lowest BCUT2D eigenvalue weighted by Gasteiger charge is -2.45. The summed E-state index contributed by atoms with van der Waals surface area (Å²) in [7, 11) is 0. The van der Waals surface area contributed by atoms with Crippen LogP contribution in [0, 0.1) is 43.3 Å². The molecular formula is C61H75FN10O7. The molecule has 4 aromatic rings. The molecule has 6 aliphatic heterocycles.